The van der Waals surface area contributed by atoms with Gasteiger partial charge in [0.2, 0.25) is 0 Å². The first-order valence-electron chi connectivity index (χ1n) is 6.77. The molecule has 2 rings (SSSR count). The van der Waals surface area contributed by atoms with Gasteiger partial charge in [-0.15, -0.1) is 12.6 Å². The molecular weight excluding hydrogens is 275 g/mol. The van der Waals surface area contributed by atoms with E-state index in [-0.39, 0.29) is 17.0 Å². The Labute approximate surface area is 125 Å². The lowest BCUT2D eigenvalue weighted by molar-refractivity contribution is 0.0250. The van der Waals surface area contributed by atoms with Crippen LogP contribution in [-0.2, 0) is 0 Å². The predicted molar refractivity (Wildman–Crippen MR) is 80.9 cm³/mol. The molecule has 0 saturated heterocycles. The van der Waals surface area contributed by atoms with Gasteiger partial charge in [0.25, 0.3) is 5.91 Å². The molecule has 0 N–H and O–H groups in total. The van der Waals surface area contributed by atoms with Gasteiger partial charge >= 0.3 is 0 Å². The summed E-state index contributed by atoms with van der Waals surface area (Å²) < 4.78 is 13.8. The van der Waals surface area contributed by atoms with Crippen molar-refractivity contribution < 1.29 is 9.18 Å². The molecule has 0 radical (unpaired) electrons. The second-order valence-electron chi connectivity index (χ2n) is 5.80. The molecule has 110 valence electrons. The van der Waals surface area contributed by atoms with E-state index >= 15 is 0 Å². The van der Waals surface area contributed by atoms with Gasteiger partial charge in [-0.1, -0.05) is 0 Å². The molecule has 0 unspecified atom stereocenters. The number of thiol groups is 1. The smallest absolute Gasteiger partial charge is 0.256 e. The molecule has 20 heavy (non-hydrogen) atoms. The van der Waals surface area contributed by atoms with E-state index in [0.29, 0.717) is 11.4 Å². The first-order valence-corrected chi connectivity index (χ1v) is 7.22. The maximum absolute atomic E-state index is 13.8. The van der Waals surface area contributed by atoms with Crippen molar-refractivity contribution in [1.29, 1.82) is 0 Å². The van der Waals surface area contributed by atoms with Crippen molar-refractivity contribution in [3.63, 3.8) is 0 Å². The number of carbonyl (C=O) groups is 1. The highest BCUT2D eigenvalue weighted by Gasteiger charge is 2.40. The van der Waals surface area contributed by atoms with Gasteiger partial charge in [-0.3, -0.25) is 4.79 Å². The molecular formula is C15H21FN2OS. The van der Waals surface area contributed by atoms with E-state index in [0.717, 1.165) is 12.8 Å². The van der Waals surface area contributed by atoms with Gasteiger partial charge in [-0.25, -0.2) is 4.39 Å². The number of benzene rings is 1. The van der Waals surface area contributed by atoms with Crippen LogP contribution in [0.1, 0.15) is 29.6 Å². The highest BCUT2D eigenvalue weighted by atomic mass is 32.1. The average Bonchev–Trinajstić information content (AvgIpc) is 2.35. The number of rotatable bonds is 4. The molecule has 3 nitrogen and oxygen atoms in total. The highest BCUT2D eigenvalue weighted by molar-refractivity contribution is 7.80. The molecule has 1 aliphatic rings. The van der Waals surface area contributed by atoms with Gasteiger partial charge in [0, 0.05) is 24.0 Å². The molecule has 0 aromatic heterocycles. The minimum absolute atomic E-state index is 0.0411. The average molecular weight is 296 g/mol. The Morgan fingerprint density at radius 1 is 1.35 bits per heavy atom. The quantitative estimate of drug-likeness (QED) is 0.864. The van der Waals surface area contributed by atoms with Crippen LogP contribution < -0.4 is 0 Å². The van der Waals surface area contributed by atoms with Crippen LogP contribution in [0.3, 0.4) is 0 Å². The Hall–Kier alpha value is -1.07. The first-order chi connectivity index (χ1) is 9.35. The Morgan fingerprint density at radius 2 is 2.00 bits per heavy atom. The molecule has 1 aromatic carbocycles. The van der Waals surface area contributed by atoms with Gasteiger partial charge in [0.15, 0.2) is 0 Å². The molecule has 0 bridgehead atoms. The molecule has 0 spiro atoms. The van der Waals surface area contributed by atoms with Gasteiger partial charge in [0.1, 0.15) is 5.82 Å². The third-order valence-corrected chi connectivity index (χ3v) is 4.57. The van der Waals surface area contributed by atoms with Crippen LogP contribution in [0.5, 0.6) is 0 Å². The van der Waals surface area contributed by atoms with E-state index < -0.39 is 5.82 Å². The number of carbonyl (C=O) groups excluding carboxylic acids is 1. The number of amides is 1. The topological polar surface area (TPSA) is 23.6 Å². The zero-order valence-corrected chi connectivity index (χ0v) is 13.1. The Balaban J connectivity index is 2.14. The lowest BCUT2D eigenvalue weighted by atomic mass is 9.75. The van der Waals surface area contributed by atoms with E-state index in [1.54, 1.807) is 18.0 Å². The maximum Gasteiger partial charge on any atom is 0.256 e. The third-order valence-electron chi connectivity index (χ3n) is 4.29. The molecule has 1 saturated carbocycles. The van der Waals surface area contributed by atoms with Crippen molar-refractivity contribution >= 4 is 18.5 Å². The van der Waals surface area contributed by atoms with Crippen LogP contribution in [0.15, 0.2) is 23.1 Å². The third kappa shape index (κ3) is 2.83. The Kier molecular flexibility index (Phi) is 4.39. The summed E-state index contributed by atoms with van der Waals surface area (Å²) in [6.45, 7) is 0.620. The predicted octanol–water partition coefficient (Wildman–Crippen LogP) is 2.67. The molecule has 0 heterocycles. The lowest BCUT2D eigenvalue weighted by Gasteiger charge is -2.49. The zero-order valence-electron chi connectivity index (χ0n) is 12.2. The molecule has 1 fully saturated rings. The second-order valence-corrected chi connectivity index (χ2v) is 6.31. The summed E-state index contributed by atoms with van der Waals surface area (Å²) in [5, 5.41) is 0. The summed E-state index contributed by atoms with van der Waals surface area (Å²) in [7, 11) is 5.80. The minimum Gasteiger partial charge on any atom is -0.340 e. The van der Waals surface area contributed by atoms with Crippen molar-refractivity contribution in [2.45, 2.75) is 29.7 Å². The fourth-order valence-corrected chi connectivity index (χ4v) is 2.93. The van der Waals surface area contributed by atoms with E-state index in [9.17, 15) is 9.18 Å². The number of hydrogen-bond donors (Lipinski definition) is 1. The summed E-state index contributed by atoms with van der Waals surface area (Å²) in [5.74, 6) is -0.779. The summed E-state index contributed by atoms with van der Waals surface area (Å²) >= 11 is 4.17. The molecule has 0 aliphatic heterocycles. The Morgan fingerprint density at radius 3 is 2.50 bits per heavy atom. The van der Waals surface area contributed by atoms with Crippen molar-refractivity contribution in [2.75, 3.05) is 27.7 Å². The van der Waals surface area contributed by atoms with E-state index in [2.05, 4.69) is 17.5 Å². The van der Waals surface area contributed by atoms with E-state index in [1.807, 2.05) is 14.1 Å². The molecule has 5 heteroatoms. The van der Waals surface area contributed by atoms with Crippen molar-refractivity contribution in [2.24, 2.45) is 0 Å². The molecule has 0 atom stereocenters. The van der Waals surface area contributed by atoms with Gasteiger partial charge in [-0.2, -0.15) is 0 Å². The Bertz CT molecular complexity index is 515. The van der Waals surface area contributed by atoms with Gasteiger partial charge in [-0.05, 0) is 51.6 Å². The van der Waals surface area contributed by atoms with Crippen LogP contribution >= 0.6 is 12.6 Å². The van der Waals surface area contributed by atoms with E-state index in [4.69, 9.17) is 0 Å². The number of halogens is 1. The SMILES string of the molecule is CN(CC1(N(C)C)CCC1)C(=O)c1cc(S)ccc1F. The van der Waals surface area contributed by atoms with Crippen molar-refractivity contribution in [1.82, 2.24) is 9.80 Å². The maximum atomic E-state index is 13.8. The second kappa shape index (κ2) is 5.74. The summed E-state index contributed by atoms with van der Waals surface area (Å²) in [6, 6.07) is 4.32. The van der Waals surface area contributed by atoms with Gasteiger partial charge in [0.05, 0.1) is 5.56 Å². The normalized spacial score (nSPS) is 16.9. The fraction of sp³-hybridized carbons (Fsp3) is 0.533. The van der Waals surface area contributed by atoms with E-state index in [1.165, 1.54) is 18.6 Å². The number of likely N-dealkylation sites (N-methyl/N-ethyl adjacent to an activating group) is 2. The number of nitrogens with zero attached hydrogens (tertiary/aromatic N) is 2. The van der Waals surface area contributed by atoms with Gasteiger partial charge < -0.3 is 9.80 Å². The van der Waals surface area contributed by atoms with Crippen LogP contribution in [-0.4, -0.2) is 48.9 Å². The van der Waals surface area contributed by atoms with Crippen LogP contribution in [0, 0.1) is 5.82 Å². The molecule has 1 aromatic rings. The zero-order chi connectivity index (χ0) is 14.9. The largest absolute Gasteiger partial charge is 0.340 e. The van der Waals surface area contributed by atoms with Crippen molar-refractivity contribution in [3.8, 4) is 0 Å². The summed E-state index contributed by atoms with van der Waals surface area (Å²) in [4.78, 5) is 16.8. The minimum atomic E-state index is -0.493. The lowest BCUT2D eigenvalue weighted by Crippen LogP contribution is -2.57. The number of hydrogen-bond acceptors (Lipinski definition) is 3. The monoisotopic (exact) mass is 296 g/mol. The molecule has 1 amide bonds. The molecule has 1 aliphatic carbocycles. The first kappa shape index (κ1) is 15.3. The van der Waals surface area contributed by atoms with Crippen LogP contribution in [0.4, 0.5) is 4.39 Å². The summed E-state index contributed by atoms with van der Waals surface area (Å²) in [6.07, 6.45) is 3.33. The highest BCUT2D eigenvalue weighted by Crippen LogP contribution is 2.36. The van der Waals surface area contributed by atoms with Crippen molar-refractivity contribution in [3.05, 3.63) is 29.6 Å². The van der Waals surface area contributed by atoms with Crippen LogP contribution in [0.25, 0.3) is 0 Å². The standard InChI is InChI=1S/C15H21FN2OS/c1-17(2)15(7-4-8-15)10-18(3)14(19)12-9-11(20)5-6-13(12)16/h5-6,9,20H,4,7-8,10H2,1-3H3. The summed E-state index contributed by atoms with van der Waals surface area (Å²) in [5.41, 5.74) is 0.132. The van der Waals surface area contributed by atoms with Crippen LogP contribution in [0.2, 0.25) is 0 Å². The fourth-order valence-electron chi connectivity index (χ4n) is 2.73.